The molecule has 1 N–H and O–H groups in total. The Morgan fingerprint density at radius 3 is 2.79 bits per heavy atom. The molecule has 2 aromatic rings. The fourth-order valence-corrected chi connectivity index (χ4v) is 3.83. The highest BCUT2D eigenvalue weighted by molar-refractivity contribution is 7.84. The zero-order valence-corrected chi connectivity index (χ0v) is 14.6. The minimum Gasteiger partial charge on any atom is -0.467 e. The van der Waals surface area contributed by atoms with Crippen LogP contribution >= 0.6 is 0 Å². The van der Waals surface area contributed by atoms with Crippen molar-refractivity contribution in [1.29, 1.82) is 0 Å². The van der Waals surface area contributed by atoms with Crippen molar-refractivity contribution in [3.8, 4) is 0 Å². The maximum absolute atomic E-state index is 12.9. The molecule has 3 rings (SSSR count). The smallest absolute Gasteiger partial charge is 0.322 e. The lowest BCUT2D eigenvalue weighted by Gasteiger charge is -2.29. The number of hydrogen-bond acceptors (Lipinski definition) is 3. The number of rotatable bonds is 3. The van der Waals surface area contributed by atoms with Gasteiger partial charge in [0.25, 0.3) is 0 Å². The second-order valence-electron chi connectivity index (χ2n) is 5.95. The number of anilines is 1. The highest BCUT2D eigenvalue weighted by Crippen LogP contribution is 2.31. The molecule has 0 bridgehead atoms. The van der Waals surface area contributed by atoms with Gasteiger partial charge in [0.05, 0.1) is 33.7 Å². The Hall–Kier alpha value is -2.08. The summed E-state index contributed by atoms with van der Waals surface area (Å²) in [7, 11) is -1.16. The van der Waals surface area contributed by atoms with E-state index in [9.17, 15) is 9.00 Å². The molecular formula is C18H22N2O3S. The molecule has 2 heterocycles. The van der Waals surface area contributed by atoms with E-state index >= 15 is 0 Å². The summed E-state index contributed by atoms with van der Waals surface area (Å²) < 4.78 is 17.4. The molecular weight excluding hydrogens is 324 g/mol. The van der Waals surface area contributed by atoms with E-state index in [1.54, 1.807) is 24.7 Å². The van der Waals surface area contributed by atoms with Crippen LogP contribution in [-0.2, 0) is 10.8 Å². The minimum atomic E-state index is -1.16. The predicted octanol–water partition coefficient (Wildman–Crippen LogP) is 4.17. The first kappa shape index (κ1) is 16.8. The summed E-state index contributed by atoms with van der Waals surface area (Å²) >= 11 is 0. The van der Waals surface area contributed by atoms with E-state index in [0.717, 1.165) is 31.4 Å². The van der Waals surface area contributed by atoms with Gasteiger partial charge in [-0.2, -0.15) is 0 Å². The van der Waals surface area contributed by atoms with E-state index in [1.807, 2.05) is 29.2 Å². The quantitative estimate of drug-likeness (QED) is 0.907. The van der Waals surface area contributed by atoms with Gasteiger partial charge in [0, 0.05) is 12.8 Å². The summed E-state index contributed by atoms with van der Waals surface area (Å²) in [5.74, 6) is 0.819. The molecule has 1 aromatic carbocycles. The number of hydrogen-bond donors (Lipinski definition) is 1. The average molecular weight is 346 g/mol. The predicted molar refractivity (Wildman–Crippen MR) is 94.4 cm³/mol. The van der Waals surface area contributed by atoms with Gasteiger partial charge in [-0.05, 0) is 37.1 Å². The maximum atomic E-state index is 12.9. The van der Waals surface area contributed by atoms with E-state index in [4.69, 9.17) is 4.42 Å². The summed E-state index contributed by atoms with van der Waals surface area (Å²) in [5, 5.41) is 2.93. The van der Waals surface area contributed by atoms with E-state index in [0.29, 0.717) is 17.1 Å². The lowest BCUT2D eigenvalue weighted by Crippen LogP contribution is -2.38. The van der Waals surface area contributed by atoms with E-state index in [1.165, 1.54) is 0 Å². The Labute approximate surface area is 144 Å². The van der Waals surface area contributed by atoms with Crippen LogP contribution in [0, 0.1) is 0 Å². The minimum absolute atomic E-state index is 0.0539. The van der Waals surface area contributed by atoms with E-state index in [2.05, 4.69) is 5.32 Å². The van der Waals surface area contributed by atoms with Crippen LogP contribution < -0.4 is 5.32 Å². The number of benzene rings is 1. The Kier molecular flexibility index (Phi) is 5.35. The van der Waals surface area contributed by atoms with Gasteiger partial charge < -0.3 is 14.6 Å². The fraction of sp³-hybridized carbons (Fsp3) is 0.389. The van der Waals surface area contributed by atoms with Crippen molar-refractivity contribution in [1.82, 2.24) is 4.90 Å². The third kappa shape index (κ3) is 3.70. The number of furan rings is 1. The van der Waals surface area contributed by atoms with Crippen LogP contribution in [-0.4, -0.2) is 27.9 Å². The molecule has 1 aliphatic heterocycles. The molecule has 2 amide bonds. The molecule has 24 heavy (non-hydrogen) atoms. The number of carbonyl (C=O) groups is 1. The van der Waals surface area contributed by atoms with Crippen molar-refractivity contribution >= 4 is 22.5 Å². The molecule has 0 aliphatic carbocycles. The second kappa shape index (κ2) is 7.66. The van der Waals surface area contributed by atoms with E-state index in [-0.39, 0.29) is 12.1 Å². The SMILES string of the molecule is C[S@](=O)c1ccccc1NC(=O)N1CCCCC[C@H]1c1ccco1. The summed E-state index contributed by atoms with van der Waals surface area (Å²) in [4.78, 5) is 15.3. The topological polar surface area (TPSA) is 62.6 Å². The van der Waals surface area contributed by atoms with Crippen molar-refractivity contribution in [2.75, 3.05) is 18.1 Å². The van der Waals surface area contributed by atoms with Gasteiger partial charge in [0.2, 0.25) is 0 Å². The maximum Gasteiger partial charge on any atom is 0.322 e. The molecule has 1 fully saturated rings. The third-order valence-corrected chi connectivity index (χ3v) is 5.30. The Bertz CT molecular complexity index is 715. The Balaban J connectivity index is 1.83. The first-order valence-electron chi connectivity index (χ1n) is 8.20. The van der Waals surface area contributed by atoms with Crippen LogP contribution in [0.3, 0.4) is 0 Å². The van der Waals surface area contributed by atoms with E-state index < -0.39 is 10.8 Å². The molecule has 1 saturated heterocycles. The van der Waals surface area contributed by atoms with Crippen molar-refractivity contribution in [2.24, 2.45) is 0 Å². The molecule has 0 unspecified atom stereocenters. The number of nitrogens with zero attached hydrogens (tertiary/aromatic N) is 1. The number of nitrogens with one attached hydrogen (secondary N) is 1. The summed E-state index contributed by atoms with van der Waals surface area (Å²) in [6, 6.07) is 10.8. The van der Waals surface area contributed by atoms with Gasteiger partial charge in [-0.25, -0.2) is 4.79 Å². The van der Waals surface area contributed by atoms with Gasteiger partial charge in [-0.3, -0.25) is 4.21 Å². The lowest BCUT2D eigenvalue weighted by molar-refractivity contribution is 0.179. The molecule has 1 aromatic heterocycles. The third-order valence-electron chi connectivity index (χ3n) is 4.32. The van der Waals surface area contributed by atoms with Crippen molar-refractivity contribution < 1.29 is 13.4 Å². The highest BCUT2D eigenvalue weighted by Gasteiger charge is 2.29. The van der Waals surface area contributed by atoms with Crippen LogP contribution in [0.4, 0.5) is 10.5 Å². The van der Waals surface area contributed by atoms with Gasteiger partial charge in [0.1, 0.15) is 5.76 Å². The molecule has 0 saturated carbocycles. The Morgan fingerprint density at radius 1 is 1.21 bits per heavy atom. The normalized spacial score (nSPS) is 19.5. The van der Waals surface area contributed by atoms with Crippen LogP contribution in [0.5, 0.6) is 0 Å². The van der Waals surface area contributed by atoms with Crippen molar-refractivity contribution in [3.05, 3.63) is 48.4 Å². The average Bonchev–Trinajstić information content (AvgIpc) is 2.99. The summed E-state index contributed by atoms with van der Waals surface area (Å²) in [5.41, 5.74) is 0.603. The van der Waals surface area contributed by atoms with Crippen molar-refractivity contribution in [2.45, 2.75) is 36.6 Å². The summed E-state index contributed by atoms with van der Waals surface area (Å²) in [6.07, 6.45) is 7.31. The zero-order valence-electron chi connectivity index (χ0n) is 13.7. The monoisotopic (exact) mass is 346 g/mol. The van der Waals surface area contributed by atoms with Crippen LogP contribution in [0.1, 0.15) is 37.5 Å². The second-order valence-corrected chi connectivity index (χ2v) is 7.30. The largest absolute Gasteiger partial charge is 0.467 e. The van der Waals surface area contributed by atoms with Crippen LogP contribution in [0.25, 0.3) is 0 Å². The van der Waals surface area contributed by atoms with Gasteiger partial charge in [-0.1, -0.05) is 25.0 Å². The van der Waals surface area contributed by atoms with Crippen LogP contribution in [0.15, 0.2) is 52.0 Å². The fourth-order valence-electron chi connectivity index (χ4n) is 3.14. The van der Waals surface area contributed by atoms with Crippen molar-refractivity contribution in [3.63, 3.8) is 0 Å². The highest BCUT2D eigenvalue weighted by atomic mass is 32.2. The zero-order chi connectivity index (χ0) is 16.9. The molecule has 0 radical (unpaired) electrons. The molecule has 5 nitrogen and oxygen atoms in total. The molecule has 2 atom stereocenters. The number of urea groups is 1. The van der Waals surface area contributed by atoms with Gasteiger partial charge in [-0.15, -0.1) is 0 Å². The van der Waals surface area contributed by atoms with Gasteiger partial charge in [0.15, 0.2) is 0 Å². The number of carbonyl (C=O) groups excluding carboxylic acids is 1. The lowest BCUT2D eigenvalue weighted by atomic mass is 10.1. The summed E-state index contributed by atoms with van der Waals surface area (Å²) in [6.45, 7) is 0.689. The Morgan fingerprint density at radius 2 is 2.04 bits per heavy atom. The van der Waals surface area contributed by atoms with Gasteiger partial charge >= 0.3 is 6.03 Å². The number of amides is 2. The molecule has 0 spiro atoms. The standard InChI is InChI=1S/C18H22N2O3S/c1-24(22)17-11-5-4-8-14(17)19-18(21)20-12-6-2-3-9-15(20)16-10-7-13-23-16/h4-5,7-8,10-11,13,15H,2-3,6,9,12H2,1H3,(H,19,21)/t15-,24-/m0/s1. The molecule has 128 valence electrons. The number of likely N-dealkylation sites (tertiary alicyclic amines) is 1. The number of para-hydroxylation sites is 1. The van der Waals surface area contributed by atoms with Crippen LogP contribution in [0.2, 0.25) is 0 Å². The first-order valence-corrected chi connectivity index (χ1v) is 9.76. The molecule has 1 aliphatic rings. The first-order chi connectivity index (χ1) is 11.7. The molecule has 6 heteroatoms.